The highest BCUT2D eigenvalue weighted by molar-refractivity contribution is 6.22. The first kappa shape index (κ1) is 27.1. The van der Waals surface area contributed by atoms with Crippen LogP contribution in [0.25, 0.3) is 83.0 Å². The van der Waals surface area contributed by atoms with Gasteiger partial charge in [0.2, 0.25) is 0 Å². The van der Waals surface area contributed by atoms with Crippen LogP contribution in [-0.4, -0.2) is 9.55 Å². The summed E-state index contributed by atoms with van der Waals surface area (Å²) in [4.78, 5) is 5.18. The van der Waals surface area contributed by atoms with Crippen molar-refractivity contribution in [2.45, 2.75) is 0 Å². The molecule has 9 aromatic rings. The zero-order valence-corrected chi connectivity index (χ0v) is 25.7. The maximum Gasteiger partial charge on any atom is 0.145 e. The normalized spacial score (nSPS) is 11.4. The predicted molar refractivity (Wildman–Crippen MR) is 198 cm³/mol. The number of hydrogen-bond donors (Lipinski definition) is 0. The molecule has 0 radical (unpaired) electrons. The maximum atomic E-state index is 5.18. The van der Waals surface area contributed by atoms with Crippen LogP contribution in [0.1, 0.15) is 0 Å². The highest BCUT2D eigenvalue weighted by Gasteiger charge is 2.22. The third kappa shape index (κ3) is 4.54. The minimum absolute atomic E-state index is 0.931. The molecule has 0 N–H and O–H groups in total. The summed E-state index contributed by atoms with van der Waals surface area (Å²) in [6.45, 7) is 0. The number of rotatable bonds is 5. The average Bonchev–Trinajstić information content (AvgIpc) is 3.54. The molecule has 0 aliphatic carbocycles. The van der Waals surface area contributed by atoms with E-state index < -0.39 is 0 Å². The van der Waals surface area contributed by atoms with Gasteiger partial charge in [0.1, 0.15) is 5.82 Å². The van der Waals surface area contributed by atoms with Crippen LogP contribution in [0, 0.1) is 0 Å². The van der Waals surface area contributed by atoms with Crippen molar-refractivity contribution in [2.75, 3.05) is 0 Å². The average molecular weight is 599 g/mol. The number of aromatic nitrogens is 2. The number of benzene rings is 8. The highest BCUT2D eigenvalue weighted by Crippen LogP contribution is 2.46. The quantitative estimate of drug-likeness (QED) is 0.180. The number of imidazole rings is 1. The molecule has 0 bridgehead atoms. The molecule has 0 aliphatic heterocycles. The van der Waals surface area contributed by atoms with Crippen LogP contribution in [0.15, 0.2) is 182 Å². The molecule has 0 fully saturated rings. The summed E-state index contributed by atoms with van der Waals surface area (Å²) < 4.78 is 2.34. The summed E-state index contributed by atoms with van der Waals surface area (Å²) in [7, 11) is 0. The molecular weight excluding hydrogens is 569 g/mol. The number of hydrogen-bond acceptors (Lipinski definition) is 1. The van der Waals surface area contributed by atoms with Gasteiger partial charge in [0.15, 0.2) is 0 Å². The van der Waals surface area contributed by atoms with Crippen molar-refractivity contribution in [1.82, 2.24) is 9.55 Å². The van der Waals surface area contributed by atoms with Crippen LogP contribution < -0.4 is 0 Å². The summed E-state index contributed by atoms with van der Waals surface area (Å²) in [6.07, 6.45) is 0. The van der Waals surface area contributed by atoms with Crippen LogP contribution in [-0.2, 0) is 0 Å². The molecule has 0 saturated heterocycles. The highest BCUT2D eigenvalue weighted by atomic mass is 15.1. The summed E-state index contributed by atoms with van der Waals surface area (Å²) in [6, 6.07) is 65.1. The van der Waals surface area contributed by atoms with Crippen molar-refractivity contribution in [3.8, 4) is 50.5 Å². The van der Waals surface area contributed by atoms with E-state index in [-0.39, 0.29) is 0 Å². The standard InChI is InChI=1S/C45H30N2/c1-4-16-31(17-5-1)34-28-29-37-39(30-34)43(32-18-6-2-7-19-32)35-22-10-11-23-36(35)44(37)38-24-12-14-26-41(38)47-42-27-15-13-25-40(42)46-45(47)33-20-8-3-9-21-33/h1-30H. The first-order chi connectivity index (χ1) is 23.3. The van der Waals surface area contributed by atoms with Crippen molar-refractivity contribution in [3.05, 3.63) is 182 Å². The molecule has 220 valence electrons. The van der Waals surface area contributed by atoms with Gasteiger partial charge in [0.25, 0.3) is 0 Å². The van der Waals surface area contributed by atoms with Crippen LogP contribution >= 0.6 is 0 Å². The van der Waals surface area contributed by atoms with E-state index >= 15 is 0 Å². The molecule has 0 atom stereocenters. The largest absolute Gasteiger partial charge is 0.292 e. The van der Waals surface area contributed by atoms with Gasteiger partial charge in [-0.15, -0.1) is 0 Å². The van der Waals surface area contributed by atoms with Crippen LogP contribution in [0.3, 0.4) is 0 Å². The molecule has 1 aromatic heterocycles. The minimum atomic E-state index is 0.931. The lowest BCUT2D eigenvalue weighted by molar-refractivity contribution is 1.10. The topological polar surface area (TPSA) is 17.8 Å². The summed E-state index contributed by atoms with van der Waals surface area (Å²) >= 11 is 0. The third-order valence-corrected chi connectivity index (χ3v) is 9.20. The van der Waals surface area contributed by atoms with Gasteiger partial charge in [-0.3, -0.25) is 4.57 Å². The molecule has 0 aliphatic rings. The van der Waals surface area contributed by atoms with E-state index in [4.69, 9.17) is 4.98 Å². The second-order valence-corrected chi connectivity index (χ2v) is 11.9. The van der Waals surface area contributed by atoms with Gasteiger partial charge in [-0.1, -0.05) is 158 Å². The lowest BCUT2D eigenvalue weighted by Crippen LogP contribution is -2.01. The zero-order chi connectivity index (χ0) is 31.2. The smallest absolute Gasteiger partial charge is 0.145 e. The Bertz CT molecular complexity index is 2550. The first-order valence-electron chi connectivity index (χ1n) is 16.1. The van der Waals surface area contributed by atoms with Gasteiger partial charge in [-0.2, -0.15) is 0 Å². The van der Waals surface area contributed by atoms with E-state index in [1.807, 2.05) is 0 Å². The van der Waals surface area contributed by atoms with Crippen LogP contribution in [0.5, 0.6) is 0 Å². The number of para-hydroxylation sites is 3. The lowest BCUT2D eigenvalue weighted by atomic mass is 9.84. The summed E-state index contributed by atoms with van der Waals surface area (Å²) in [5.74, 6) is 0.931. The zero-order valence-electron chi connectivity index (χ0n) is 25.7. The summed E-state index contributed by atoms with van der Waals surface area (Å²) in [5.41, 5.74) is 11.5. The Morgan fingerprint density at radius 1 is 0.362 bits per heavy atom. The van der Waals surface area contributed by atoms with Crippen molar-refractivity contribution in [1.29, 1.82) is 0 Å². The molecule has 47 heavy (non-hydrogen) atoms. The molecule has 0 saturated carbocycles. The molecule has 2 heteroatoms. The second kappa shape index (κ2) is 11.3. The fourth-order valence-corrected chi connectivity index (χ4v) is 7.13. The van der Waals surface area contributed by atoms with Crippen LogP contribution in [0.4, 0.5) is 0 Å². The predicted octanol–water partition coefficient (Wildman–Crippen LogP) is 12.0. The number of fused-ring (bicyclic) bond motifs is 3. The van der Waals surface area contributed by atoms with E-state index in [1.54, 1.807) is 0 Å². The van der Waals surface area contributed by atoms with E-state index in [1.165, 1.54) is 54.9 Å². The van der Waals surface area contributed by atoms with E-state index in [0.717, 1.165) is 28.1 Å². The van der Waals surface area contributed by atoms with Crippen molar-refractivity contribution in [3.63, 3.8) is 0 Å². The first-order valence-corrected chi connectivity index (χ1v) is 16.1. The molecule has 1 heterocycles. The Morgan fingerprint density at radius 2 is 0.915 bits per heavy atom. The molecule has 9 rings (SSSR count). The Morgan fingerprint density at radius 3 is 1.66 bits per heavy atom. The Balaban J connectivity index is 1.41. The fourth-order valence-electron chi connectivity index (χ4n) is 7.13. The minimum Gasteiger partial charge on any atom is -0.292 e. The molecule has 2 nitrogen and oxygen atoms in total. The number of nitrogens with zero attached hydrogens (tertiary/aromatic N) is 2. The Kier molecular flexibility index (Phi) is 6.50. The van der Waals surface area contributed by atoms with Gasteiger partial charge in [-0.25, -0.2) is 4.98 Å². The molecule has 0 unspecified atom stereocenters. The van der Waals surface area contributed by atoms with Gasteiger partial charge in [0.05, 0.1) is 16.7 Å². The SMILES string of the molecule is c1ccc(-c2ccc3c(-c4ccccc4-n4c(-c5ccccc5)nc5ccccc54)c4ccccc4c(-c4ccccc4)c3c2)cc1. The lowest BCUT2D eigenvalue weighted by Gasteiger charge is -2.21. The van der Waals surface area contributed by atoms with Gasteiger partial charge in [0, 0.05) is 11.1 Å². The van der Waals surface area contributed by atoms with Gasteiger partial charge < -0.3 is 0 Å². The van der Waals surface area contributed by atoms with E-state index in [0.29, 0.717) is 0 Å². The van der Waals surface area contributed by atoms with E-state index in [9.17, 15) is 0 Å². The maximum absolute atomic E-state index is 5.18. The third-order valence-electron chi connectivity index (χ3n) is 9.20. The van der Waals surface area contributed by atoms with Gasteiger partial charge in [-0.05, 0) is 73.6 Å². The van der Waals surface area contributed by atoms with Crippen molar-refractivity contribution < 1.29 is 0 Å². The molecule has 0 spiro atoms. The van der Waals surface area contributed by atoms with E-state index in [2.05, 4.69) is 187 Å². The monoisotopic (exact) mass is 598 g/mol. The summed E-state index contributed by atoms with van der Waals surface area (Å²) in [5, 5.41) is 4.92. The Hall–Kier alpha value is -6.25. The molecule has 0 amide bonds. The van der Waals surface area contributed by atoms with Crippen molar-refractivity contribution in [2.24, 2.45) is 0 Å². The Labute approximate surface area is 273 Å². The molecular formula is C45H30N2. The second-order valence-electron chi connectivity index (χ2n) is 11.9. The van der Waals surface area contributed by atoms with Crippen molar-refractivity contribution >= 4 is 32.6 Å². The van der Waals surface area contributed by atoms with Gasteiger partial charge >= 0.3 is 0 Å². The fraction of sp³-hybridized carbons (Fsp3) is 0. The molecule has 8 aromatic carbocycles. The van der Waals surface area contributed by atoms with Crippen LogP contribution in [0.2, 0.25) is 0 Å².